The second kappa shape index (κ2) is 6.72. The average Bonchev–Trinajstić information content (AvgIpc) is 2.92. The summed E-state index contributed by atoms with van der Waals surface area (Å²) in [6, 6.07) is 6.65. The molecular formula is C14H16ClNO4. The van der Waals surface area contributed by atoms with Gasteiger partial charge in [-0.15, -0.1) is 0 Å². The second-order valence-electron chi connectivity index (χ2n) is 4.76. The van der Waals surface area contributed by atoms with Gasteiger partial charge >= 0.3 is 5.97 Å². The van der Waals surface area contributed by atoms with Crippen molar-refractivity contribution in [3.63, 3.8) is 0 Å². The highest BCUT2D eigenvalue weighted by molar-refractivity contribution is 6.30. The molecule has 6 heteroatoms. The fraction of sp³-hybridized carbons (Fsp3) is 0.429. The van der Waals surface area contributed by atoms with Crippen LogP contribution < -0.4 is 5.32 Å². The summed E-state index contributed by atoms with van der Waals surface area (Å²) in [6.45, 7) is 0.563. The molecule has 1 fully saturated rings. The van der Waals surface area contributed by atoms with Crippen molar-refractivity contribution in [3.8, 4) is 0 Å². The Balaban J connectivity index is 1.94. The Labute approximate surface area is 121 Å². The van der Waals surface area contributed by atoms with Crippen LogP contribution in [0.5, 0.6) is 0 Å². The molecule has 1 aromatic rings. The molecule has 20 heavy (non-hydrogen) atoms. The van der Waals surface area contributed by atoms with Crippen molar-refractivity contribution in [3.05, 3.63) is 29.3 Å². The zero-order valence-electron chi connectivity index (χ0n) is 10.8. The minimum absolute atomic E-state index is 0.0946. The molecule has 1 saturated heterocycles. The van der Waals surface area contributed by atoms with E-state index in [1.54, 1.807) is 24.3 Å². The summed E-state index contributed by atoms with van der Waals surface area (Å²) in [7, 11) is 0. The molecular weight excluding hydrogens is 282 g/mol. The zero-order chi connectivity index (χ0) is 14.5. The first kappa shape index (κ1) is 14.8. The SMILES string of the molecule is O=C(C[C@@H](C(=O)O)[C@H]1CCCO1)Nc1ccc(Cl)cc1. The van der Waals surface area contributed by atoms with Crippen LogP contribution in [-0.4, -0.2) is 29.7 Å². The maximum Gasteiger partial charge on any atom is 0.309 e. The number of hydrogen-bond acceptors (Lipinski definition) is 3. The Hall–Kier alpha value is -1.59. The van der Waals surface area contributed by atoms with E-state index in [0.717, 1.165) is 6.42 Å². The number of anilines is 1. The summed E-state index contributed by atoms with van der Waals surface area (Å²) >= 11 is 5.75. The third-order valence-electron chi connectivity index (χ3n) is 3.26. The van der Waals surface area contributed by atoms with Crippen molar-refractivity contribution in [1.82, 2.24) is 0 Å². The smallest absolute Gasteiger partial charge is 0.309 e. The lowest BCUT2D eigenvalue weighted by Gasteiger charge is -2.18. The van der Waals surface area contributed by atoms with Gasteiger partial charge in [-0.05, 0) is 37.1 Å². The van der Waals surface area contributed by atoms with Gasteiger partial charge in [-0.1, -0.05) is 11.6 Å². The van der Waals surface area contributed by atoms with E-state index in [2.05, 4.69) is 5.32 Å². The van der Waals surface area contributed by atoms with E-state index >= 15 is 0 Å². The van der Waals surface area contributed by atoms with E-state index in [0.29, 0.717) is 23.7 Å². The minimum Gasteiger partial charge on any atom is -0.481 e. The number of hydrogen-bond donors (Lipinski definition) is 2. The van der Waals surface area contributed by atoms with Crippen molar-refractivity contribution in [2.45, 2.75) is 25.4 Å². The van der Waals surface area contributed by atoms with E-state index in [-0.39, 0.29) is 18.4 Å². The van der Waals surface area contributed by atoms with E-state index in [1.807, 2.05) is 0 Å². The Kier molecular flexibility index (Phi) is 4.98. The van der Waals surface area contributed by atoms with Crippen molar-refractivity contribution in [2.75, 3.05) is 11.9 Å². The number of carbonyl (C=O) groups excluding carboxylic acids is 1. The Morgan fingerprint density at radius 3 is 2.65 bits per heavy atom. The molecule has 0 radical (unpaired) electrons. The van der Waals surface area contributed by atoms with Crippen LogP contribution in [0.15, 0.2) is 24.3 Å². The summed E-state index contributed by atoms with van der Waals surface area (Å²) in [6.07, 6.45) is 1.06. The van der Waals surface area contributed by atoms with E-state index in [1.165, 1.54) is 0 Å². The Morgan fingerprint density at radius 2 is 2.10 bits per heavy atom. The average molecular weight is 298 g/mol. The number of halogens is 1. The van der Waals surface area contributed by atoms with Crippen LogP contribution in [-0.2, 0) is 14.3 Å². The van der Waals surface area contributed by atoms with Gasteiger partial charge in [0.05, 0.1) is 12.0 Å². The number of carboxylic acid groups (broad SMARTS) is 1. The molecule has 0 bridgehead atoms. The topological polar surface area (TPSA) is 75.6 Å². The number of rotatable bonds is 5. The number of carbonyl (C=O) groups is 2. The van der Waals surface area contributed by atoms with Gasteiger partial charge in [0.1, 0.15) is 0 Å². The molecule has 2 N–H and O–H groups in total. The summed E-state index contributed by atoms with van der Waals surface area (Å²) in [5.41, 5.74) is 0.593. The van der Waals surface area contributed by atoms with Gasteiger partial charge in [0.2, 0.25) is 5.91 Å². The Bertz CT molecular complexity index is 482. The molecule has 0 aliphatic carbocycles. The maximum atomic E-state index is 11.9. The molecule has 5 nitrogen and oxygen atoms in total. The third-order valence-corrected chi connectivity index (χ3v) is 3.52. The number of benzene rings is 1. The molecule has 2 atom stereocenters. The first-order valence-corrected chi connectivity index (χ1v) is 6.84. The van der Waals surface area contributed by atoms with Gasteiger partial charge < -0.3 is 15.2 Å². The van der Waals surface area contributed by atoms with Crippen LogP contribution in [0, 0.1) is 5.92 Å². The molecule has 1 heterocycles. The molecule has 1 aliphatic heterocycles. The summed E-state index contributed by atoms with van der Waals surface area (Å²) in [4.78, 5) is 23.1. The maximum absolute atomic E-state index is 11.9. The molecule has 0 aromatic heterocycles. The van der Waals surface area contributed by atoms with Crippen molar-refractivity contribution in [2.24, 2.45) is 5.92 Å². The summed E-state index contributed by atoms with van der Waals surface area (Å²) in [5.74, 6) is -2.14. The van der Waals surface area contributed by atoms with E-state index in [4.69, 9.17) is 16.3 Å². The van der Waals surface area contributed by atoms with Crippen LogP contribution >= 0.6 is 11.6 Å². The van der Waals surface area contributed by atoms with Crippen LogP contribution in [0.2, 0.25) is 5.02 Å². The lowest BCUT2D eigenvalue weighted by atomic mass is 9.96. The standard InChI is InChI=1S/C14H16ClNO4/c15-9-3-5-10(6-4-9)16-13(17)8-11(14(18)19)12-2-1-7-20-12/h3-6,11-12H,1-2,7-8H2,(H,16,17)(H,18,19)/t11-,12-/m1/s1. The highest BCUT2D eigenvalue weighted by Crippen LogP contribution is 2.24. The molecule has 1 aliphatic rings. The summed E-state index contributed by atoms with van der Waals surface area (Å²) < 4.78 is 5.36. The molecule has 0 unspecified atom stereocenters. The second-order valence-corrected chi connectivity index (χ2v) is 5.19. The summed E-state index contributed by atoms with van der Waals surface area (Å²) in [5, 5.41) is 12.4. The van der Waals surface area contributed by atoms with Crippen LogP contribution in [0.4, 0.5) is 5.69 Å². The van der Waals surface area contributed by atoms with Gasteiger partial charge in [-0.3, -0.25) is 9.59 Å². The number of ether oxygens (including phenoxy) is 1. The minimum atomic E-state index is -0.997. The van der Waals surface area contributed by atoms with E-state index < -0.39 is 11.9 Å². The predicted molar refractivity (Wildman–Crippen MR) is 74.8 cm³/mol. The van der Waals surface area contributed by atoms with Crippen molar-refractivity contribution >= 4 is 29.2 Å². The quantitative estimate of drug-likeness (QED) is 0.876. The van der Waals surface area contributed by atoms with E-state index in [9.17, 15) is 14.7 Å². The third kappa shape index (κ3) is 3.95. The lowest BCUT2D eigenvalue weighted by molar-refractivity contribution is -0.148. The zero-order valence-corrected chi connectivity index (χ0v) is 11.6. The number of aliphatic carboxylic acids is 1. The fourth-order valence-electron chi connectivity index (χ4n) is 2.24. The molecule has 1 aromatic carbocycles. The van der Waals surface area contributed by atoms with Crippen LogP contribution in [0.25, 0.3) is 0 Å². The Morgan fingerprint density at radius 1 is 1.40 bits per heavy atom. The highest BCUT2D eigenvalue weighted by atomic mass is 35.5. The van der Waals surface area contributed by atoms with Crippen molar-refractivity contribution < 1.29 is 19.4 Å². The monoisotopic (exact) mass is 297 g/mol. The van der Waals surface area contributed by atoms with Crippen LogP contribution in [0.1, 0.15) is 19.3 Å². The lowest BCUT2D eigenvalue weighted by Crippen LogP contribution is -2.31. The molecule has 0 spiro atoms. The predicted octanol–water partition coefficient (Wildman–Crippen LogP) is 2.55. The normalized spacial score (nSPS) is 19.6. The van der Waals surface area contributed by atoms with Gasteiger partial charge in [-0.2, -0.15) is 0 Å². The first-order chi connectivity index (χ1) is 9.56. The molecule has 108 valence electrons. The van der Waals surface area contributed by atoms with Crippen molar-refractivity contribution in [1.29, 1.82) is 0 Å². The van der Waals surface area contributed by atoms with Gasteiger partial charge in [-0.25, -0.2) is 0 Å². The molecule has 1 amide bonds. The van der Waals surface area contributed by atoms with Crippen LogP contribution in [0.3, 0.4) is 0 Å². The molecule has 2 rings (SSSR count). The number of nitrogens with one attached hydrogen (secondary N) is 1. The van der Waals surface area contributed by atoms with Gasteiger partial charge in [0, 0.05) is 23.7 Å². The van der Waals surface area contributed by atoms with Gasteiger partial charge in [0.25, 0.3) is 0 Å². The van der Waals surface area contributed by atoms with Gasteiger partial charge in [0.15, 0.2) is 0 Å². The number of amides is 1. The number of carboxylic acids is 1. The first-order valence-electron chi connectivity index (χ1n) is 6.46. The fourth-order valence-corrected chi connectivity index (χ4v) is 2.37. The molecule has 0 saturated carbocycles. The largest absolute Gasteiger partial charge is 0.481 e. The highest BCUT2D eigenvalue weighted by Gasteiger charge is 2.33.